The Bertz CT molecular complexity index is 748. The average molecular weight is 380 g/mol. The number of unbranched alkanes of at least 4 members (excludes halogenated alkanes) is 1. The highest BCUT2D eigenvalue weighted by molar-refractivity contribution is 5.46. The lowest BCUT2D eigenvalue weighted by molar-refractivity contribution is 0.0297. The fraction of sp³-hybridized carbons (Fsp3) is 0.731. The first-order valence-electron chi connectivity index (χ1n) is 11.8. The molecule has 3 aliphatic carbocycles. The fourth-order valence-electron chi connectivity index (χ4n) is 6.94. The Morgan fingerprint density at radius 1 is 1.18 bits per heavy atom. The molecule has 0 saturated heterocycles. The minimum Gasteiger partial charge on any atom is -0.493 e. The van der Waals surface area contributed by atoms with Crippen LogP contribution in [0.3, 0.4) is 0 Å². The van der Waals surface area contributed by atoms with Gasteiger partial charge in [0.15, 0.2) is 0 Å². The molecule has 1 aromatic rings. The molecule has 2 heteroatoms. The minimum atomic E-state index is 0.408. The third-order valence-electron chi connectivity index (χ3n) is 8.58. The lowest BCUT2D eigenvalue weighted by atomic mass is 9.54. The summed E-state index contributed by atoms with van der Waals surface area (Å²) in [6, 6.07) is 7.39. The summed E-state index contributed by atoms with van der Waals surface area (Å²) in [5, 5.41) is 9.29. The van der Waals surface area contributed by atoms with Crippen LogP contribution in [0.2, 0.25) is 0 Å². The van der Waals surface area contributed by atoms with Gasteiger partial charge >= 0.3 is 0 Å². The quantitative estimate of drug-likeness (QED) is 0.508. The summed E-state index contributed by atoms with van der Waals surface area (Å²) in [7, 11) is 0. The zero-order chi connectivity index (χ0) is 19.7. The van der Waals surface area contributed by atoms with Crippen LogP contribution < -0.4 is 4.74 Å². The highest BCUT2D eigenvalue weighted by atomic mass is 16.5. The van der Waals surface area contributed by atoms with Crippen LogP contribution in [0.1, 0.15) is 94.7 Å². The maximum Gasteiger partial charge on any atom is 0.122 e. The van der Waals surface area contributed by atoms with Gasteiger partial charge in [-0.3, -0.25) is 0 Å². The number of hydrogen-bond acceptors (Lipinski definition) is 2. The monoisotopic (exact) mass is 379 g/mol. The second-order valence-electron chi connectivity index (χ2n) is 9.81. The molecule has 5 atom stereocenters. The Balaban J connectivity index is 1.60. The maximum atomic E-state index is 9.29. The van der Waals surface area contributed by atoms with Crippen LogP contribution in [0, 0.1) is 34.5 Å². The average Bonchev–Trinajstić information content (AvgIpc) is 3.04. The normalized spacial score (nSPS) is 33.5. The van der Waals surface area contributed by atoms with Crippen molar-refractivity contribution in [2.45, 2.75) is 90.9 Å². The lowest BCUT2D eigenvalue weighted by Gasteiger charge is -2.51. The third kappa shape index (κ3) is 3.26. The molecule has 3 unspecified atom stereocenters. The van der Waals surface area contributed by atoms with E-state index in [-0.39, 0.29) is 0 Å². The molecule has 0 heterocycles. The van der Waals surface area contributed by atoms with Gasteiger partial charge in [0.1, 0.15) is 5.75 Å². The van der Waals surface area contributed by atoms with Crippen molar-refractivity contribution < 1.29 is 4.74 Å². The second kappa shape index (κ2) is 8.10. The number of ether oxygens (including phenoxy) is 1. The summed E-state index contributed by atoms with van der Waals surface area (Å²) >= 11 is 0. The van der Waals surface area contributed by atoms with E-state index >= 15 is 0 Å². The van der Waals surface area contributed by atoms with Crippen molar-refractivity contribution in [2.75, 3.05) is 6.61 Å². The molecular weight excluding hydrogens is 342 g/mol. The predicted octanol–water partition coefficient (Wildman–Crippen LogP) is 6.81. The van der Waals surface area contributed by atoms with Crippen molar-refractivity contribution in [3.05, 3.63) is 28.8 Å². The van der Waals surface area contributed by atoms with E-state index in [1.165, 1.54) is 50.5 Å². The van der Waals surface area contributed by atoms with E-state index in [1.807, 2.05) is 0 Å². The molecule has 1 aromatic carbocycles. The molecular formula is C26H37NO. The van der Waals surface area contributed by atoms with E-state index in [0.717, 1.165) is 49.4 Å². The van der Waals surface area contributed by atoms with E-state index in [4.69, 9.17) is 4.74 Å². The minimum absolute atomic E-state index is 0.408. The van der Waals surface area contributed by atoms with Gasteiger partial charge in [0.25, 0.3) is 0 Å². The van der Waals surface area contributed by atoms with E-state index in [9.17, 15) is 5.26 Å². The van der Waals surface area contributed by atoms with Crippen molar-refractivity contribution in [3.8, 4) is 11.8 Å². The number of aryl methyl sites for hydroxylation is 2. The molecule has 28 heavy (non-hydrogen) atoms. The molecule has 0 amide bonds. The van der Waals surface area contributed by atoms with Crippen LogP contribution in [-0.2, 0) is 12.8 Å². The molecule has 2 saturated carbocycles. The molecule has 2 nitrogen and oxygen atoms in total. The van der Waals surface area contributed by atoms with Gasteiger partial charge in [0.2, 0.25) is 0 Å². The second-order valence-corrected chi connectivity index (χ2v) is 9.81. The van der Waals surface area contributed by atoms with Crippen LogP contribution >= 0.6 is 0 Å². The Hall–Kier alpha value is -1.49. The zero-order valence-electron chi connectivity index (χ0n) is 18.1. The molecule has 0 radical (unpaired) electrons. The first-order chi connectivity index (χ1) is 13.6. The van der Waals surface area contributed by atoms with Crippen LogP contribution in [0.15, 0.2) is 12.1 Å². The molecule has 3 aliphatic rings. The van der Waals surface area contributed by atoms with Gasteiger partial charge in [-0.2, -0.15) is 5.26 Å². The van der Waals surface area contributed by atoms with Gasteiger partial charge < -0.3 is 4.74 Å². The molecule has 0 spiro atoms. The van der Waals surface area contributed by atoms with E-state index in [2.05, 4.69) is 39.0 Å². The Morgan fingerprint density at radius 2 is 2.04 bits per heavy atom. The maximum absolute atomic E-state index is 9.29. The largest absolute Gasteiger partial charge is 0.493 e. The molecule has 152 valence electrons. The molecule has 0 bridgehead atoms. The van der Waals surface area contributed by atoms with Crippen LogP contribution in [0.4, 0.5) is 0 Å². The molecule has 0 aliphatic heterocycles. The molecule has 4 rings (SSSR count). The number of benzene rings is 1. The summed E-state index contributed by atoms with van der Waals surface area (Å²) in [5.41, 5.74) is 5.00. The summed E-state index contributed by atoms with van der Waals surface area (Å²) < 4.78 is 6.17. The summed E-state index contributed by atoms with van der Waals surface area (Å²) in [6.07, 6.45) is 11.9. The van der Waals surface area contributed by atoms with Gasteiger partial charge in [-0.1, -0.05) is 33.3 Å². The van der Waals surface area contributed by atoms with Crippen LogP contribution in [0.25, 0.3) is 0 Å². The van der Waals surface area contributed by atoms with Crippen LogP contribution in [0.5, 0.6) is 5.75 Å². The summed E-state index contributed by atoms with van der Waals surface area (Å²) in [5.74, 6) is 4.15. The molecule has 2 fully saturated rings. The van der Waals surface area contributed by atoms with Gasteiger partial charge in [-0.15, -0.1) is 0 Å². The summed E-state index contributed by atoms with van der Waals surface area (Å²) in [6.45, 7) is 7.84. The fourth-order valence-corrected chi connectivity index (χ4v) is 6.94. The van der Waals surface area contributed by atoms with Crippen molar-refractivity contribution in [3.63, 3.8) is 0 Å². The standard InChI is InChI=1S/C26H37NO/c1-4-6-15-28-25-17-19-7-9-22-21(23(19)16-18(25)5-2)11-13-26(3)20(12-14-27)8-10-24(22)26/h16-17,20-22,24H,4-13,15H2,1-3H3/t20-,21?,22?,24?,26-/m1/s1. The Morgan fingerprint density at radius 3 is 2.79 bits per heavy atom. The van der Waals surface area contributed by atoms with Gasteiger partial charge in [0, 0.05) is 6.42 Å². The number of rotatable bonds is 6. The first kappa shape index (κ1) is 19.8. The number of fused-ring (bicyclic) bond motifs is 5. The Kier molecular flexibility index (Phi) is 5.73. The van der Waals surface area contributed by atoms with Gasteiger partial charge in [-0.05, 0) is 103 Å². The van der Waals surface area contributed by atoms with Crippen molar-refractivity contribution >= 4 is 0 Å². The highest BCUT2D eigenvalue weighted by Gasteiger charge is 2.54. The smallest absolute Gasteiger partial charge is 0.122 e. The lowest BCUT2D eigenvalue weighted by Crippen LogP contribution is -2.42. The number of hydrogen-bond donors (Lipinski definition) is 0. The van der Waals surface area contributed by atoms with Gasteiger partial charge in [-0.25, -0.2) is 0 Å². The molecule has 0 N–H and O–H groups in total. The van der Waals surface area contributed by atoms with E-state index in [0.29, 0.717) is 11.3 Å². The van der Waals surface area contributed by atoms with Crippen LogP contribution in [-0.4, -0.2) is 6.61 Å². The zero-order valence-corrected chi connectivity index (χ0v) is 18.1. The number of nitriles is 1. The third-order valence-corrected chi connectivity index (χ3v) is 8.58. The van der Waals surface area contributed by atoms with Crippen molar-refractivity contribution in [1.29, 1.82) is 5.26 Å². The molecule has 0 aromatic heterocycles. The highest BCUT2D eigenvalue weighted by Crippen LogP contribution is 2.63. The van der Waals surface area contributed by atoms with E-state index < -0.39 is 0 Å². The topological polar surface area (TPSA) is 33.0 Å². The van der Waals surface area contributed by atoms with Crippen molar-refractivity contribution in [1.82, 2.24) is 0 Å². The van der Waals surface area contributed by atoms with Gasteiger partial charge in [0.05, 0.1) is 12.7 Å². The van der Waals surface area contributed by atoms with Crippen molar-refractivity contribution in [2.24, 2.45) is 23.2 Å². The SMILES string of the molecule is CCCCOc1cc2c(cc1CC)C1CC[C@@]3(C)C(CC[C@@H]3CC#N)C1CC2. The Labute approximate surface area is 171 Å². The van der Waals surface area contributed by atoms with E-state index in [1.54, 1.807) is 11.1 Å². The summed E-state index contributed by atoms with van der Waals surface area (Å²) in [4.78, 5) is 0. The number of nitrogens with zero attached hydrogens (tertiary/aromatic N) is 1. The first-order valence-corrected chi connectivity index (χ1v) is 11.8. The predicted molar refractivity (Wildman–Crippen MR) is 115 cm³/mol.